The van der Waals surface area contributed by atoms with Crippen molar-refractivity contribution >= 4 is 11.8 Å². The third kappa shape index (κ3) is 6.41. The number of nitrogens with one attached hydrogen (secondary N) is 1. The van der Waals surface area contributed by atoms with Crippen LogP contribution in [-0.4, -0.2) is 22.8 Å². The van der Waals surface area contributed by atoms with Gasteiger partial charge >= 0.3 is 0 Å². The van der Waals surface area contributed by atoms with Gasteiger partial charge in [0.2, 0.25) is 0 Å². The molecule has 0 aliphatic carbocycles. The molecule has 1 atom stereocenters. The first-order valence-electron chi connectivity index (χ1n) is 6.59. The van der Waals surface area contributed by atoms with Crippen LogP contribution in [0.4, 0.5) is 0 Å². The van der Waals surface area contributed by atoms with E-state index in [4.69, 9.17) is 0 Å². The van der Waals surface area contributed by atoms with Gasteiger partial charge in [-0.2, -0.15) is 0 Å². The first-order valence-corrected chi connectivity index (χ1v) is 7.58. The van der Waals surface area contributed by atoms with Gasteiger partial charge in [-0.05, 0) is 64.8 Å². The van der Waals surface area contributed by atoms with E-state index in [2.05, 4.69) is 64.0 Å². The Kier molecular flexibility index (Phi) is 5.67. The maximum atomic E-state index is 4.56. The standard InChI is InChI=1S/C15H26N2S/c1-11-7-13(3)17-14(8-11)18-10-12(2)9-16-15(4,5)6/h7-8,12,16H,9-10H2,1-6H3. The Morgan fingerprint density at radius 2 is 1.94 bits per heavy atom. The Morgan fingerprint density at radius 1 is 1.28 bits per heavy atom. The molecule has 0 radical (unpaired) electrons. The van der Waals surface area contributed by atoms with Gasteiger partial charge in [0, 0.05) is 17.0 Å². The number of hydrogen-bond acceptors (Lipinski definition) is 3. The highest BCUT2D eigenvalue weighted by Gasteiger charge is 2.11. The molecule has 0 aromatic carbocycles. The highest BCUT2D eigenvalue weighted by Crippen LogP contribution is 2.20. The lowest BCUT2D eigenvalue weighted by Crippen LogP contribution is -2.39. The van der Waals surface area contributed by atoms with E-state index in [1.807, 2.05) is 11.8 Å². The number of thioether (sulfide) groups is 1. The van der Waals surface area contributed by atoms with Crippen LogP contribution in [0.3, 0.4) is 0 Å². The molecule has 0 spiro atoms. The lowest BCUT2D eigenvalue weighted by atomic mass is 10.1. The van der Waals surface area contributed by atoms with E-state index in [1.165, 1.54) is 5.56 Å². The van der Waals surface area contributed by atoms with Crippen LogP contribution in [0.5, 0.6) is 0 Å². The molecule has 2 nitrogen and oxygen atoms in total. The maximum Gasteiger partial charge on any atom is 0.0965 e. The fourth-order valence-electron chi connectivity index (χ4n) is 1.65. The summed E-state index contributed by atoms with van der Waals surface area (Å²) < 4.78 is 0. The molecule has 3 heteroatoms. The molecule has 1 aromatic rings. The lowest BCUT2D eigenvalue weighted by Gasteiger charge is -2.23. The van der Waals surface area contributed by atoms with Crippen LogP contribution in [-0.2, 0) is 0 Å². The van der Waals surface area contributed by atoms with Crippen LogP contribution in [0.25, 0.3) is 0 Å². The predicted octanol–water partition coefficient (Wildman–Crippen LogP) is 3.81. The second-order valence-corrected chi connectivity index (χ2v) is 7.21. The highest BCUT2D eigenvalue weighted by atomic mass is 32.2. The zero-order valence-corrected chi connectivity index (χ0v) is 13.3. The molecule has 0 saturated carbocycles. The molecule has 0 aliphatic rings. The normalized spacial score (nSPS) is 13.7. The number of aromatic nitrogens is 1. The number of pyridine rings is 1. The summed E-state index contributed by atoms with van der Waals surface area (Å²) in [7, 11) is 0. The van der Waals surface area contributed by atoms with Gasteiger partial charge in [-0.15, -0.1) is 11.8 Å². The average molecular weight is 266 g/mol. The van der Waals surface area contributed by atoms with Crippen molar-refractivity contribution in [2.75, 3.05) is 12.3 Å². The summed E-state index contributed by atoms with van der Waals surface area (Å²) in [5, 5.41) is 4.70. The van der Waals surface area contributed by atoms with Crippen molar-refractivity contribution in [1.29, 1.82) is 0 Å². The monoisotopic (exact) mass is 266 g/mol. The van der Waals surface area contributed by atoms with Crippen LogP contribution in [0.1, 0.15) is 39.0 Å². The Morgan fingerprint density at radius 3 is 2.50 bits per heavy atom. The van der Waals surface area contributed by atoms with Crippen LogP contribution in [0.2, 0.25) is 0 Å². The Hall–Kier alpha value is -0.540. The van der Waals surface area contributed by atoms with Crippen LogP contribution < -0.4 is 5.32 Å². The molecule has 1 heterocycles. The van der Waals surface area contributed by atoms with Crippen molar-refractivity contribution in [2.24, 2.45) is 5.92 Å². The molecular formula is C15H26N2S. The molecule has 0 fully saturated rings. The SMILES string of the molecule is Cc1cc(C)nc(SCC(C)CNC(C)(C)C)c1. The van der Waals surface area contributed by atoms with Crippen LogP contribution >= 0.6 is 11.8 Å². The molecule has 1 N–H and O–H groups in total. The Labute approximate surface area is 116 Å². The second kappa shape index (κ2) is 6.58. The fourth-order valence-corrected chi connectivity index (χ4v) is 2.70. The molecule has 1 rings (SSSR count). The third-order valence-corrected chi connectivity index (χ3v) is 3.81. The molecule has 0 aliphatic heterocycles. The molecular weight excluding hydrogens is 240 g/mol. The van der Waals surface area contributed by atoms with Crippen molar-refractivity contribution in [2.45, 2.75) is 52.1 Å². The average Bonchev–Trinajstić information content (AvgIpc) is 2.21. The van der Waals surface area contributed by atoms with Gasteiger partial charge < -0.3 is 5.32 Å². The third-order valence-electron chi connectivity index (χ3n) is 2.57. The van der Waals surface area contributed by atoms with E-state index in [-0.39, 0.29) is 5.54 Å². The van der Waals surface area contributed by atoms with E-state index >= 15 is 0 Å². The van der Waals surface area contributed by atoms with Crippen molar-refractivity contribution in [1.82, 2.24) is 10.3 Å². The van der Waals surface area contributed by atoms with E-state index < -0.39 is 0 Å². The van der Waals surface area contributed by atoms with E-state index in [1.54, 1.807) is 0 Å². The number of nitrogens with zero attached hydrogens (tertiary/aromatic N) is 1. The number of aryl methyl sites for hydroxylation is 2. The first kappa shape index (κ1) is 15.5. The quantitative estimate of drug-likeness (QED) is 0.820. The zero-order chi connectivity index (χ0) is 13.8. The summed E-state index contributed by atoms with van der Waals surface area (Å²) in [5.74, 6) is 1.76. The molecule has 0 bridgehead atoms. The van der Waals surface area contributed by atoms with E-state index in [0.717, 1.165) is 23.0 Å². The topological polar surface area (TPSA) is 24.9 Å². The summed E-state index contributed by atoms with van der Waals surface area (Å²) in [4.78, 5) is 4.56. The van der Waals surface area contributed by atoms with Gasteiger partial charge in [-0.1, -0.05) is 6.92 Å². The lowest BCUT2D eigenvalue weighted by molar-refractivity contribution is 0.395. The van der Waals surface area contributed by atoms with Crippen molar-refractivity contribution in [3.8, 4) is 0 Å². The predicted molar refractivity (Wildman–Crippen MR) is 81.4 cm³/mol. The number of rotatable bonds is 5. The molecule has 18 heavy (non-hydrogen) atoms. The van der Waals surface area contributed by atoms with Gasteiger partial charge in [-0.3, -0.25) is 0 Å². The van der Waals surface area contributed by atoms with Crippen molar-refractivity contribution < 1.29 is 0 Å². The van der Waals surface area contributed by atoms with Crippen LogP contribution in [0.15, 0.2) is 17.2 Å². The molecule has 1 unspecified atom stereocenters. The minimum Gasteiger partial charge on any atom is -0.312 e. The van der Waals surface area contributed by atoms with Crippen molar-refractivity contribution in [3.05, 3.63) is 23.4 Å². The van der Waals surface area contributed by atoms with E-state index in [9.17, 15) is 0 Å². The van der Waals surface area contributed by atoms with Gasteiger partial charge in [0.15, 0.2) is 0 Å². The van der Waals surface area contributed by atoms with Gasteiger partial charge in [-0.25, -0.2) is 4.98 Å². The summed E-state index contributed by atoms with van der Waals surface area (Å²) in [6, 6.07) is 4.29. The highest BCUT2D eigenvalue weighted by molar-refractivity contribution is 7.99. The maximum absolute atomic E-state index is 4.56. The fraction of sp³-hybridized carbons (Fsp3) is 0.667. The van der Waals surface area contributed by atoms with Crippen LogP contribution in [0, 0.1) is 19.8 Å². The largest absolute Gasteiger partial charge is 0.312 e. The second-order valence-electron chi connectivity index (χ2n) is 6.17. The molecule has 1 aromatic heterocycles. The Bertz CT molecular complexity index is 362. The van der Waals surface area contributed by atoms with Gasteiger partial charge in [0.1, 0.15) is 0 Å². The Balaban J connectivity index is 2.40. The van der Waals surface area contributed by atoms with E-state index in [0.29, 0.717) is 5.92 Å². The summed E-state index contributed by atoms with van der Waals surface area (Å²) in [6.07, 6.45) is 0. The molecule has 0 amide bonds. The number of hydrogen-bond donors (Lipinski definition) is 1. The molecule has 0 saturated heterocycles. The summed E-state index contributed by atoms with van der Waals surface area (Å²) in [6.45, 7) is 14.1. The first-order chi connectivity index (χ1) is 8.26. The summed E-state index contributed by atoms with van der Waals surface area (Å²) >= 11 is 1.86. The minimum atomic E-state index is 0.205. The molecule has 102 valence electrons. The van der Waals surface area contributed by atoms with Gasteiger partial charge in [0.05, 0.1) is 5.03 Å². The van der Waals surface area contributed by atoms with Gasteiger partial charge in [0.25, 0.3) is 0 Å². The zero-order valence-electron chi connectivity index (χ0n) is 12.5. The van der Waals surface area contributed by atoms with Crippen molar-refractivity contribution in [3.63, 3.8) is 0 Å². The smallest absolute Gasteiger partial charge is 0.0965 e. The summed E-state index contributed by atoms with van der Waals surface area (Å²) in [5.41, 5.74) is 2.61. The minimum absolute atomic E-state index is 0.205.